The van der Waals surface area contributed by atoms with E-state index in [1.54, 1.807) is 0 Å². The lowest BCUT2D eigenvalue weighted by atomic mass is 10.3. The van der Waals surface area contributed by atoms with Crippen LogP contribution in [-0.2, 0) is 24.3 Å². The number of imidazole rings is 1. The van der Waals surface area contributed by atoms with Gasteiger partial charge in [-0.1, -0.05) is 0 Å². The van der Waals surface area contributed by atoms with Gasteiger partial charge in [0.05, 0.1) is 18.4 Å². The van der Waals surface area contributed by atoms with Crippen LogP contribution in [0, 0.1) is 5.92 Å². The second-order valence-corrected chi connectivity index (χ2v) is 5.24. The molecule has 1 fully saturated rings. The summed E-state index contributed by atoms with van der Waals surface area (Å²) in [4.78, 5) is 16.1. The van der Waals surface area contributed by atoms with Gasteiger partial charge in [-0.3, -0.25) is 4.79 Å². The van der Waals surface area contributed by atoms with Crippen LogP contribution in [0.1, 0.15) is 30.8 Å². The third kappa shape index (κ3) is 2.72. The van der Waals surface area contributed by atoms with Crippen molar-refractivity contribution in [3.63, 3.8) is 0 Å². The predicted octanol–water partition coefficient (Wildman–Crippen LogP) is 0.445. The molecule has 2 N–H and O–H groups in total. The zero-order valence-corrected chi connectivity index (χ0v) is 10.6. The topological polar surface area (TPSA) is 59.0 Å². The van der Waals surface area contributed by atoms with Crippen LogP contribution in [0.15, 0.2) is 6.20 Å². The molecule has 2 heterocycles. The zero-order chi connectivity index (χ0) is 12.4. The van der Waals surface area contributed by atoms with E-state index >= 15 is 0 Å². The molecule has 1 aliphatic carbocycles. The number of rotatable bonds is 4. The van der Waals surface area contributed by atoms with Crippen LogP contribution in [0.4, 0.5) is 0 Å². The normalized spacial score (nSPS) is 19.1. The summed E-state index contributed by atoms with van der Waals surface area (Å²) in [6.45, 7) is 3.53. The van der Waals surface area contributed by atoms with E-state index in [1.165, 1.54) is 12.8 Å². The van der Waals surface area contributed by atoms with Crippen LogP contribution in [0.3, 0.4) is 0 Å². The lowest BCUT2D eigenvalue weighted by molar-refractivity contribution is -0.121. The van der Waals surface area contributed by atoms with Gasteiger partial charge in [-0.2, -0.15) is 0 Å². The van der Waals surface area contributed by atoms with Crippen molar-refractivity contribution in [2.75, 3.05) is 13.1 Å². The number of nitrogens with one attached hydrogen (secondary N) is 2. The summed E-state index contributed by atoms with van der Waals surface area (Å²) < 4.78 is 2.23. The van der Waals surface area contributed by atoms with Crippen LogP contribution < -0.4 is 10.6 Å². The Hall–Kier alpha value is -1.36. The first-order valence-electron chi connectivity index (χ1n) is 6.83. The zero-order valence-electron chi connectivity index (χ0n) is 10.6. The van der Waals surface area contributed by atoms with Gasteiger partial charge < -0.3 is 15.2 Å². The van der Waals surface area contributed by atoms with Gasteiger partial charge in [-0.15, -0.1) is 0 Å². The lowest BCUT2D eigenvalue weighted by Crippen LogP contribution is -2.25. The van der Waals surface area contributed by atoms with Crippen molar-refractivity contribution in [3.8, 4) is 0 Å². The van der Waals surface area contributed by atoms with E-state index in [4.69, 9.17) is 0 Å². The summed E-state index contributed by atoms with van der Waals surface area (Å²) in [7, 11) is 0. The van der Waals surface area contributed by atoms with Crippen LogP contribution in [0.2, 0.25) is 0 Å². The van der Waals surface area contributed by atoms with Crippen molar-refractivity contribution >= 4 is 5.91 Å². The Morgan fingerprint density at radius 3 is 3.22 bits per heavy atom. The summed E-state index contributed by atoms with van der Waals surface area (Å²) in [5.74, 6) is 1.96. The smallest absolute Gasteiger partial charge is 0.220 e. The van der Waals surface area contributed by atoms with Crippen LogP contribution in [0.25, 0.3) is 0 Å². The van der Waals surface area contributed by atoms with Crippen molar-refractivity contribution in [2.45, 2.75) is 38.8 Å². The molecule has 3 rings (SSSR count). The molecule has 1 aliphatic heterocycles. The molecule has 0 bridgehead atoms. The van der Waals surface area contributed by atoms with Gasteiger partial charge in [0.25, 0.3) is 0 Å². The highest BCUT2D eigenvalue weighted by Gasteiger charge is 2.24. The summed E-state index contributed by atoms with van der Waals surface area (Å²) in [6.07, 6.45) is 6.01. The van der Waals surface area contributed by atoms with Crippen molar-refractivity contribution in [2.24, 2.45) is 5.92 Å². The SMILES string of the molecule is O=C(CC1CC1)NCc1cnc2n1CCNCC2. The summed E-state index contributed by atoms with van der Waals surface area (Å²) >= 11 is 0. The maximum atomic E-state index is 11.7. The molecule has 1 aromatic heterocycles. The number of hydrogen-bond acceptors (Lipinski definition) is 3. The molecular formula is C13H20N4O. The first-order chi connectivity index (χ1) is 8.83. The number of amides is 1. The minimum absolute atomic E-state index is 0.180. The number of carbonyl (C=O) groups excluding carboxylic acids is 1. The second kappa shape index (κ2) is 5.10. The Morgan fingerprint density at radius 1 is 1.50 bits per heavy atom. The fourth-order valence-electron chi connectivity index (χ4n) is 2.43. The van der Waals surface area contributed by atoms with E-state index in [-0.39, 0.29) is 5.91 Å². The van der Waals surface area contributed by atoms with E-state index in [2.05, 4.69) is 20.2 Å². The predicted molar refractivity (Wildman–Crippen MR) is 68.0 cm³/mol. The standard InChI is InChI=1S/C13H20N4O/c18-13(7-10-1-2-10)16-9-11-8-15-12-3-4-14-5-6-17(11)12/h8,10,14H,1-7,9H2,(H,16,18). The molecule has 1 saturated carbocycles. The number of fused-ring (bicyclic) bond motifs is 1. The second-order valence-electron chi connectivity index (χ2n) is 5.24. The third-order valence-corrected chi connectivity index (χ3v) is 3.70. The average Bonchev–Trinajstić information content (AvgIpc) is 3.13. The molecule has 0 spiro atoms. The quantitative estimate of drug-likeness (QED) is 0.813. The lowest BCUT2D eigenvalue weighted by Gasteiger charge is -2.09. The Balaban J connectivity index is 1.58. The van der Waals surface area contributed by atoms with E-state index in [1.807, 2.05) is 6.20 Å². The van der Waals surface area contributed by atoms with Gasteiger partial charge >= 0.3 is 0 Å². The molecule has 0 saturated heterocycles. The van der Waals surface area contributed by atoms with Crippen molar-refractivity contribution < 1.29 is 4.79 Å². The maximum Gasteiger partial charge on any atom is 0.220 e. The minimum atomic E-state index is 0.180. The number of nitrogens with zero attached hydrogens (tertiary/aromatic N) is 2. The molecule has 1 aromatic rings. The molecule has 98 valence electrons. The first kappa shape index (κ1) is 11.7. The largest absolute Gasteiger partial charge is 0.350 e. The molecule has 0 aromatic carbocycles. The molecule has 0 unspecified atom stereocenters. The van der Waals surface area contributed by atoms with Gasteiger partial charge in [0, 0.05) is 32.5 Å². The number of hydrogen-bond donors (Lipinski definition) is 2. The van der Waals surface area contributed by atoms with Gasteiger partial charge in [0.15, 0.2) is 0 Å². The van der Waals surface area contributed by atoms with Gasteiger partial charge in [0.2, 0.25) is 5.91 Å². The Kier molecular flexibility index (Phi) is 3.32. The Labute approximate surface area is 107 Å². The van der Waals surface area contributed by atoms with Crippen molar-refractivity contribution in [1.29, 1.82) is 0 Å². The van der Waals surface area contributed by atoms with E-state index in [9.17, 15) is 4.79 Å². The molecular weight excluding hydrogens is 228 g/mol. The fourth-order valence-corrected chi connectivity index (χ4v) is 2.43. The molecule has 1 amide bonds. The summed E-state index contributed by atoms with van der Waals surface area (Å²) in [5, 5.41) is 6.37. The Morgan fingerprint density at radius 2 is 2.39 bits per heavy atom. The highest BCUT2D eigenvalue weighted by Crippen LogP contribution is 2.32. The highest BCUT2D eigenvalue weighted by molar-refractivity contribution is 5.76. The fraction of sp³-hybridized carbons (Fsp3) is 0.692. The molecule has 0 atom stereocenters. The molecule has 5 nitrogen and oxygen atoms in total. The maximum absolute atomic E-state index is 11.7. The monoisotopic (exact) mass is 248 g/mol. The van der Waals surface area contributed by atoms with Crippen molar-refractivity contribution in [1.82, 2.24) is 20.2 Å². The molecule has 5 heteroatoms. The van der Waals surface area contributed by atoms with E-state index in [0.717, 1.165) is 37.6 Å². The molecule has 18 heavy (non-hydrogen) atoms. The number of carbonyl (C=O) groups is 1. The van der Waals surface area contributed by atoms with E-state index in [0.29, 0.717) is 18.9 Å². The van der Waals surface area contributed by atoms with Gasteiger partial charge in [-0.05, 0) is 18.8 Å². The third-order valence-electron chi connectivity index (χ3n) is 3.70. The Bertz CT molecular complexity index is 436. The average molecular weight is 248 g/mol. The molecule has 2 aliphatic rings. The minimum Gasteiger partial charge on any atom is -0.350 e. The summed E-state index contributed by atoms with van der Waals surface area (Å²) in [6, 6.07) is 0. The highest BCUT2D eigenvalue weighted by atomic mass is 16.1. The van der Waals surface area contributed by atoms with Gasteiger partial charge in [-0.25, -0.2) is 4.98 Å². The van der Waals surface area contributed by atoms with Gasteiger partial charge in [0.1, 0.15) is 5.82 Å². The molecule has 0 radical (unpaired) electrons. The van der Waals surface area contributed by atoms with Crippen LogP contribution >= 0.6 is 0 Å². The van der Waals surface area contributed by atoms with Crippen LogP contribution in [0.5, 0.6) is 0 Å². The van der Waals surface area contributed by atoms with Crippen molar-refractivity contribution in [3.05, 3.63) is 17.7 Å². The van der Waals surface area contributed by atoms with E-state index < -0.39 is 0 Å². The summed E-state index contributed by atoms with van der Waals surface area (Å²) in [5.41, 5.74) is 1.12. The number of aromatic nitrogens is 2. The first-order valence-corrected chi connectivity index (χ1v) is 6.83. The van der Waals surface area contributed by atoms with Crippen LogP contribution in [-0.4, -0.2) is 28.5 Å².